The van der Waals surface area contributed by atoms with Crippen molar-refractivity contribution in [3.63, 3.8) is 0 Å². The number of nitrogens with two attached hydrogens (primary N) is 1. The summed E-state index contributed by atoms with van der Waals surface area (Å²) in [4.78, 5) is 13.7. The molecule has 2 rings (SSSR count). The van der Waals surface area contributed by atoms with Gasteiger partial charge in [0.2, 0.25) is 5.91 Å². The van der Waals surface area contributed by atoms with Crippen molar-refractivity contribution >= 4 is 11.6 Å². The van der Waals surface area contributed by atoms with Crippen LogP contribution in [-0.4, -0.2) is 36.5 Å². The van der Waals surface area contributed by atoms with Crippen LogP contribution >= 0.6 is 0 Å². The van der Waals surface area contributed by atoms with E-state index in [1.165, 1.54) is 32.4 Å². The lowest BCUT2D eigenvalue weighted by Crippen LogP contribution is -2.27. The second kappa shape index (κ2) is 8.03. The fraction of sp³-hybridized carbons (Fsp3) is 0.588. The van der Waals surface area contributed by atoms with E-state index >= 15 is 0 Å². The molecule has 1 fully saturated rings. The molecule has 0 radical (unpaired) electrons. The average Bonchev–Trinajstić information content (AvgIpc) is 2.67. The van der Waals surface area contributed by atoms with Crippen molar-refractivity contribution in [2.75, 3.05) is 25.0 Å². The molecule has 4 nitrogen and oxygen atoms in total. The van der Waals surface area contributed by atoms with E-state index in [9.17, 15) is 4.79 Å². The molecular formula is C17H27N3O. The van der Waals surface area contributed by atoms with Crippen LogP contribution in [0.4, 0.5) is 5.69 Å². The minimum Gasteiger partial charge on any atom is -0.382 e. The fourth-order valence-corrected chi connectivity index (χ4v) is 3.06. The first-order valence-corrected chi connectivity index (χ1v) is 8.04. The van der Waals surface area contributed by atoms with Gasteiger partial charge in [0.15, 0.2) is 0 Å². The number of hydrogen-bond acceptors (Lipinski definition) is 3. The number of para-hydroxylation sites is 1. The van der Waals surface area contributed by atoms with E-state index in [1.807, 2.05) is 24.3 Å². The summed E-state index contributed by atoms with van der Waals surface area (Å²) < 4.78 is 0. The summed E-state index contributed by atoms with van der Waals surface area (Å²) >= 11 is 0. The highest BCUT2D eigenvalue weighted by molar-refractivity contribution is 5.78. The Hall–Kier alpha value is -1.55. The number of rotatable bonds is 6. The molecule has 3 N–H and O–H groups in total. The number of anilines is 1. The predicted molar refractivity (Wildman–Crippen MR) is 87.3 cm³/mol. The molecule has 116 valence electrons. The SMILES string of the molecule is CCCN1CCCC(Nc2ccccc2CC(N)=O)CC1. The van der Waals surface area contributed by atoms with Crippen LogP contribution < -0.4 is 11.1 Å². The highest BCUT2D eigenvalue weighted by atomic mass is 16.1. The molecule has 0 bridgehead atoms. The molecule has 0 spiro atoms. The third-order valence-electron chi connectivity index (χ3n) is 4.10. The van der Waals surface area contributed by atoms with Crippen LogP contribution in [0.2, 0.25) is 0 Å². The van der Waals surface area contributed by atoms with Crippen LogP contribution in [0, 0.1) is 0 Å². The maximum Gasteiger partial charge on any atom is 0.221 e. The second-order valence-corrected chi connectivity index (χ2v) is 5.91. The van der Waals surface area contributed by atoms with Gasteiger partial charge in [-0.2, -0.15) is 0 Å². The Morgan fingerprint density at radius 2 is 2.14 bits per heavy atom. The van der Waals surface area contributed by atoms with Gasteiger partial charge >= 0.3 is 0 Å². The summed E-state index contributed by atoms with van der Waals surface area (Å²) in [7, 11) is 0. The van der Waals surface area contributed by atoms with Gasteiger partial charge in [-0.05, 0) is 50.4 Å². The van der Waals surface area contributed by atoms with Crippen molar-refractivity contribution in [2.45, 2.75) is 45.1 Å². The Bertz CT molecular complexity index is 461. The topological polar surface area (TPSA) is 58.4 Å². The molecular weight excluding hydrogens is 262 g/mol. The molecule has 0 saturated carbocycles. The highest BCUT2D eigenvalue weighted by Gasteiger charge is 2.17. The molecule has 1 amide bonds. The molecule has 21 heavy (non-hydrogen) atoms. The van der Waals surface area contributed by atoms with Crippen LogP contribution in [0.5, 0.6) is 0 Å². The minimum absolute atomic E-state index is 0.278. The Labute approximate surface area is 127 Å². The van der Waals surface area contributed by atoms with Gasteiger partial charge in [0.1, 0.15) is 0 Å². The Kier molecular flexibility index (Phi) is 6.05. The van der Waals surface area contributed by atoms with Crippen LogP contribution in [0.15, 0.2) is 24.3 Å². The monoisotopic (exact) mass is 289 g/mol. The smallest absolute Gasteiger partial charge is 0.221 e. The van der Waals surface area contributed by atoms with Gasteiger partial charge in [-0.3, -0.25) is 4.79 Å². The van der Waals surface area contributed by atoms with E-state index < -0.39 is 0 Å². The minimum atomic E-state index is -0.278. The number of hydrogen-bond donors (Lipinski definition) is 2. The first kappa shape index (κ1) is 15.8. The van der Waals surface area contributed by atoms with E-state index in [0.29, 0.717) is 12.5 Å². The molecule has 1 aromatic carbocycles. The molecule has 1 aromatic rings. The summed E-state index contributed by atoms with van der Waals surface area (Å²) in [5, 5.41) is 3.62. The Morgan fingerprint density at radius 3 is 2.90 bits per heavy atom. The predicted octanol–water partition coefficient (Wildman–Crippen LogP) is 2.39. The average molecular weight is 289 g/mol. The van der Waals surface area contributed by atoms with E-state index in [2.05, 4.69) is 17.1 Å². The third-order valence-corrected chi connectivity index (χ3v) is 4.10. The van der Waals surface area contributed by atoms with Crippen molar-refractivity contribution in [1.29, 1.82) is 0 Å². The van der Waals surface area contributed by atoms with Gasteiger partial charge in [0.25, 0.3) is 0 Å². The van der Waals surface area contributed by atoms with Crippen LogP contribution in [0.3, 0.4) is 0 Å². The molecule has 1 aliphatic heterocycles. The van der Waals surface area contributed by atoms with Gasteiger partial charge in [-0.15, -0.1) is 0 Å². The molecule has 0 aliphatic carbocycles. The van der Waals surface area contributed by atoms with E-state index in [4.69, 9.17) is 5.73 Å². The molecule has 1 atom stereocenters. The first-order valence-electron chi connectivity index (χ1n) is 8.04. The second-order valence-electron chi connectivity index (χ2n) is 5.91. The van der Waals surface area contributed by atoms with Crippen molar-refractivity contribution in [2.24, 2.45) is 5.73 Å². The number of likely N-dealkylation sites (tertiary alicyclic amines) is 1. The summed E-state index contributed by atoms with van der Waals surface area (Å²) in [5.74, 6) is -0.278. The van der Waals surface area contributed by atoms with E-state index in [-0.39, 0.29) is 5.91 Å². The van der Waals surface area contributed by atoms with Crippen LogP contribution in [-0.2, 0) is 11.2 Å². The van der Waals surface area contributed by atoms with Crippen LogP contribution in [0.25, 0.3) is 0 Å². The quantitative estimate of drug-likeness (QED) is 0.845. The third kappa shape index (κ3) is 5.05. The summed E-state index contributed by atoms with van der Waals surface area (Å²) in [6, 6.07) is 8.48. The number of carbonyl (C=O) groups is 1. The molecule has 1 unspecified atom stereocenters. The van der Waals surface area contributed by atoms with Gasteiger partial charge in [0, 0.05) is 18.3 Å². The van der Waals surface area contributed by atoms with E-state index in [1.54, 1.807) is 0 Å². The summed E-state index contributed by atoms with van der Waals surface area (Å²) in [6.07, 6.45) is 5.10. The maximum absolute atomic E-state index is 11.2. The first-order chi connectivity index (χ1) is 10.2. The van der Waals surface area contributed by atoms with Crippen molar-refractivity contribution in [3.8, 4) is 0 Å². The zero-order valence-corrected chi connectivity index (χ0v) is 13.0. The lowest BCUT2D eigenvalue weighted by atomic mass is 10.1. The van der Waals surface area contributed by atoms with Gasteiger partial charge in [-0.1, -0.05) is 25.1 Å². The van der Waals surface area contributed by atoms with E-state index in [0.717, 1.165) is 24.2 Å². The van der Waals surface area contributed by atoms with Crippen molar-refractivity contribution in [3.05, 3.63) is 29.8 Å². The lowest BCUT2D eigenvalue weighted by molar-refractivity contribution is -0.117. The Balaban J connectivity index is 1.96. The number of primary amides is 1. The Morgan fingerprint density at radius 1 is 1.33 bits per heavy atom. The molecule has 1 aliphatic rings. The molecule has 0 aromatic heterocycles. The fourth-order valence-electron chi connectivity index (χ4n) is 3.06. The number of benzene rings is 1. The number of nitrogens with zero attached hydrogens (tertiary/aromatic N) is 1. The number of carbonyl (C=O) groups excluding carboxylic acids is 1. The maximum atomic E-state index is 11.2. The standard InChI is InChI=1S/C17H27N3O/c1-2-10-20-11-5-7-15(9-12-20)19-16-8-4-3-6-14(16)13-17(18)21/h3-4,6,8,15,19H,2,5,7,9-13H2,1H3,(H2,18,21). The zero-order chi connectivity index (χ0) is 15.1. The van der Waals surface area contributed by atoms with Crippen molar-refractivity contribution < 1.29 is 4.79 Å². The highest BCUT2D eigenvalue weighted by Crippen LogP contribution is 2.21. The zero-order valence-electron chi connectivity index (χ0n) is 13.0. The summed E-state index contributed by atoms with van der Waals surface area (Å²) in [6.45, 7) is 5.80. The van der Waals surface area contributed by atoms with Crippen molar-refractivity contribution in [1.82, 2.24) is 4.90 Å². The van der Waals surface area contributed by atoms with Gasteiger partial charge in [-0.25, -0.2) is 0 Å². The summed E-state index contributed by atoms with van der Waals surface area (Å²) in [5.41, 5.74) is 7.39. The molecule has 1 saturated heterocycles. The lowest BCUT2D eigenvalue weighted by Gasteiger charge is -2.21. The molecule has 4 heteroatoms. The number of nitrogens with one attached hydrogen (secondary N) is 1. The largest absolute Gasteiger partial charge is 0.382 e. The number of amides is 1. The van der Waals surface area contributed by atoms with Gasteiger partial charge < -0.3 is 16.0 Å². The molecule has 1 heterocycles. The van der Waals surface area contributed by atoms with Gasteiger partial charge in [0.05, 0.1) is 6.42 Å². The van der Waals surface area contributed by atoms with Crippen LogP contribution in [0.1, 0.15) is 38.2 Å². The normalized spacial score (nSPS) is 20.0.